The number of esters is 1. The molecule has 0 N–H and O–H groups in total. The van der Waals surface area contributed by atoms with Gasteiger partial charge in [-0.25, -0.2) is 0 Å². The smallest absolute Gasteiger partial charge is 0.310 e. The van der Waals surface area contributed by atoms with E-state index in [1.165, 1.54) is 0 Å². The highest BCUT2D eigenvalue weighted by Gasteiger charge is 2.06. The molecule has 3 heteroatoms. The number of carbonyl (C=O) groups is 1. The molecular formula is C18H15NO2. The number of hydrogen-bond donors (Lipinski definition) is 0. The highest BCUT2D eigenvalue weighted by atomic mass is 16.5. The molecule has 0 aliphatic carbocycles. The van der Waals surface area contributed by atoms with E-state index in [-0.39, 0.29) is 12.4 Å². The Morgan fingerprint density at radius 2 is 1.81 bits per heavy atom. The largest absolute Gasteiger partial charge is 0.461 e. The first kappa shape index (κ1) is 13.3. The number of aromatic nitrogens is 1. The van der Waals surface area contributed by atoms with Crippen molar-refractivity contribution < 1.29 is 9.53 Å². The Labute approximate surface area is 123 Å². The predicted molar refractivity (Wildman–Crippen MR) is 81.7 cm³/mol. The van der Waals surface area contributed by atoms with Crippen LogP contribution in [0.15, 0.2) is 67.0 Å². The molecular weight excluding hydrogens is 262 g/mol. The van der Waals surface area contributed by atoms with Crippen molar-refractivity contribution in [1.82, 2.24) is 4.98 Å². The summed E-state index contributed by atoms with van der Waals surface area (Å²) in [5.41, 5.74) is 1.95. The summed E-state index contributed by atoms with van der Waals surface area (Å²) < 4.78 is 5.29. The topological polar surface area (TPSA) is 39.2 Å². The fraction of sp³-hybridized carbons (Fsp3) is 0.111. The second-order valence-electron chi connectivity index (χ2n) is 4.88. The Balaban J connectivity index is 1.63. The molecule has 3 rings (SSSR count). The van der Waals surface area contributed by atoms with Crippen LogP contribution in [0.1, 0.15) is 11.1 Å². The van der Waals surface area contributed by atoms with Crippen LogP contribution in [0.2, 0.25) is 0 Å². The van der Waals surface area contributed by atoms with Crippen LogP contribution in [0.4, 0.5) is 0 Å². The molecule has 21 heavy (non-hydrogen) atoms. The quantitative estimate of drug-likeness (QED) is 0.685. The first-order valence-electron chi connectivity index (χ1n) is 6.83. The number of benzene rings is 2. The molecule has 2 aromatic carbocycles. The normalized spacial score (nSPS) is 10.5. The fourth-order valence-corrected chi connectivity index (χ4v) is 2.20. The van der Waals surface area contributed by atoms with Gasteiger partial charge in [0, 0.05) is 17.8 Å². The van der Waals surface area contributed by atoms with E-state index < -0.39 is 0 Å². The predicted octanol–water partition coefficient (Wildman–Crippen LogP) is 3.52. The summed E-state index contributed by atoms with van der Waals surface area (Å²) in [7, 11) is 0. The number of hydrogen-bond acceptors (Lipinski definition) is 3. The van der Waals surface area contributed by atoms with Gasteiger partial charge in [0.15, 0.2) is 0 Å². The van der Waals surface area contributed by atoms with E-state index in [1.807, 2.05) is 60.8 Å². The van der Waals surface area contributed by atoms with Gasteiger partial charge in [-0.1, -0.05) is 48.5 Å². The first-order chi connectivity index (χ1) is 10.3. The average Bonchev–Trinajstić information content (AvgIpc) is 2.54. The molecule has 1 aromatic heterocycles. The van der Waals surface area contributed by atoms with Crippen molar-refractivity contribution in [1.29, 1.82) is 0 Å². The van der Waals surface area contributed by atoms with Gasteiger partial charge >= 0.3 is 5.97 Å². The molecule has 0 bridgehead atoms. The minimum atomic E-state index is -0.216. The number of rotatable bonds is 4. The highest BCUT2D eigenvalue weighted by Crippen LogP contribution is 2.15. The third kappa shape index (κ3) is 3.45. The Bertz CT molecular complexity index is 753. The van der Waals surface area contributed by atoms with Crippen molar-refractivity contribution in [3.8, 4) is 0 Å². The van der Waals surface area contributed by atoms with E-state index in [2.05, 4.69) is 4.98 Å². The van der Waals surface area contributed by atoms with Gasteiger partial charge in [-0.15, -0.1) is 0 Å². The minimum Gasteiger partial charge on any atom is -0.461 e. The lowest BCUT2D eigenvalue weighted by Crippen LogP contribution is -2.07. The molecule has 0 saturated carbocycles. The summed E-state index contributed by atoms with van der Waals surface area (Å²) in [6.07, 6.45) is 3.85. The van der Waals surface area contributed by atoms with Crippen LogP contribution in [0.3, 0.4) is 0 Å². The van der Waals surface area contributed by atoms with Gasteiger partial charge in [-0.05, 0) is 22.6 Å². The van der Waals surface area contributed by atoms with Gasteiger partial charge in [0.05, 0.1) is 6.42 Å². The zero-order valence-corrected chi connectivity index (χ0v) is 11.5. The molecule has 0 spiro atoms. The summed E-state index contributed by atoms with van der Waals surface area (Å²) in [6.45, 7) is 0.317. The van der Waals surface area contributed by atoms with Crippen molar-refractivity contribution in [3.63, 3.8) is 0 Å². The zero-order chi connectivity index (χ0) is 14.5. The fourth-order valence-electron chi connectivity index (χ4n) is 2.20. The summed E-state index contributed by atoms with van der Waals surface area (Å²) in [5, 5.41) is 2.15. The first-order valence-corrected chi connectivity index (χ1v) is 6.83. The summed E-state index contributed by atoms with van der Waals surface area (Å²) in [5.74, 6) is -0.216. The Kier molecular flexibility index (Phi) is 3.92. The molecule has 104 valence electrons. The van der Waals surface area contributed by atoms with Crippen molar-refractivity contribution in [3.05, 3.63) is 78.1 Å². The van der Waals surface area contributed by atoms with Crippen molar-refractivity contribution in [2.75, 3.05) is 0 Å². The molecule has 0 unspecified atom stereocenters. The molecule has 1 heterocycles. The third-order valence-corrected chi connectivity index (χ3v) is 3.30. The lowest BCUT2D eigenvalue weighted by molar-refractivity contribution is -0.144. The SMILES string of the molecule is O=C(Cc1ccc2cnccc2c1)OCc1ccccc1. The van der Waals surface area contributed by atoms with E-state index in [9.17, 15) is 4.79 Å². The monoisotopic (exact) mass is 277 g/mol. The number of pyridine rings is 1. The molecule has 0 radical (unpaired) electrons. The molecule has 3 aromatic rings. The number of nitrogens with zero attached hydrogens (tertiary/aromatic N) is 1. The van der Waals surface area contributed by atoms with Crippen LogP contribution in [0.25, 0.3) is 10.8 Å². The van der Waals surface area contributed by atoms with Crippen LogP contribution >= 0.6 is 0 Å². The van der Waals surface area contributed by atoms with Gasteiger partial charge in [0.25, 0.3) is 0 Å². The van der Waals surface area contributed by atoms with E-state index in [4.69, 9.17) is 4.74 Å². The van der Waals surface area contributed by atoms with Crippen LogP contribution in [0.5, 0.6) is 0 Å². The average molecular weight is 277 g/mol. The van der Waals surface area contributed by atoms with E-state index in [0.29, 0.717) is 6.61 Å². The van der Waals surface area contributed by atoms with Gasteiger partial charge in [0.2, 0.25) is 0 Å². The van der Waals surface area contributed by atoms with Crippen LogP contribution < -0.4 is 0 Å². The summed E-state index contributed by atoms with van der Waals surface area (Å²) >= 11 is 0. The van der Waals surface area contributed by atoms with Crippen LogP contribution in [0, 0.1) is 0 Å². The second kappa shape index (κ2) is 6.18. The van der Waals surface area contributed by atoms with E-state index in [1.54, 1.807) is 6.20 Å². The lowest BCUT2D eigenvalue weighted by atomic mass is 10.1. The Hall–Kier alpha value is -2.68. The van der Waals surface area contributed by atoms with E-state index >= 15 is 0 Å². The molecule has 0 aliphatic rings. The lowest BCUT2D eigenvalue weighted by Gasteiger charge is -2.06. The van der Waals surface area contributed by atoms with Gasteiger partial charge in [-0.2, -0.15) is 0 Å². The maximum Gasteiger partial charge on any atom is 0.310 e. The Morgan fingerprint density at radius 3 is 2.67 bits per heavy atom. The third-order valence-electron chi connectivity index (χ3n) is 3.30. The standard InChI is InChI=1S/C18H15NO2/c20-18(21-13-14-4-2-1-3-5-14)11-15-6-7-17-12-19-9-8-16(17)10-15/h1-10,12H,11,13H2. The maximum atomic E-state index is 11.9. The minimum absolute atomic E-state index is 0.216. The summed E-state index contributed by atoms with van der Waals surface area (Å²) in [4.78, 5) is 16.0. The molecule has 0 fully saturated rings. The molecule has 0 amide bonds. The molecule has 0 aliphatic heterocycles. The molecule has 3 nitrogen and oxygen atoms in total. The Morgan fingerprint density at radius 1 is 0.952 bits per heavy atom. The van der Waals surface area contributed by atoms with Crippen molar-refractivity contribution in [2.45, 2.75) is 13.0 Å². The van der Waals surface area contributed by atoms with Crippen LogP contribution in [-0.2, 0) is 22.6 Å². The number of fused-ring (bicyclic) bond motifs is 1. The number of carbonyl (C=O) groups excluding carboxylic acids is 1. The van der Waals surface area contributed by atoms with Gasteiger partial charge < -0.3 is 4.74 Å². The summed E-state index contributed by atoms with van der Waals surface area (Å²) in [6, 6.07) is 17.5. The molecule has 0 saturated heterocycles. The van der Waals surface area contributed by atoms with E-state index in [0.717, 1.165) is 21.9 Å². The van der Waals surface area contributed by atoms with Crippen molar-refractivity contribution in [2.24, 2.45) is 0 Å². The number of ether oxygens (including phenoxy) is 1. The molecule has 0 atom stereocenters. The van der Waals surface area contributed by atoms with Crippen LogP contribution in [-0.4, -0.2) is 11.0 Å². The maximum absolute atomic E-state index is 11.9. The second-order valence-corrected chi connectivity index (χ2v) is 4.88. The van der Waals surface area contributed by atoms with Crippen molar-refractivity contribution >= 4 is 16.7 Å². The highest BCUT2D eigenvalue weighted by molar-refractivity contribution is 5.83. The zero-order valence-electron chi connectivity index (χ0n) is 11.5. The van der Waals surface area contributed by atoms with Gasteiger partial charge in [0.1, 0.15) is 6.61 Å². The van der Waals surface area contributed by atoms with Gasteiger partial charge in [-0.3, -0.25) is 9.78 Å².